The highest BCUT2D eigenvalue weighted by molar-refractivity contribution is 7.89. The van der Waals surface area contributed by atoms with E-state index in [0.717, 1.165) is 19.3 Å². The number of hydrogen-bond acceptors (Lipinski definition) is 5. The summed E-state index contributed by atoms with van der Waals surface area (Å²) >= 11 is 0. The van der Waals surface area contributed by atoms with E-state index in [1.54, 1.807) is 36.4 Å². The molecule has 4 rings (SSSR count). The Balaban J connectivity index is 1.40. The molecule has 2 N–H and O–H groups in total. The Morgan fingerprint density at radius 3 is 2.35 bits per heavy atom. The van der Waals surface area contributed by atoms with Crippen molar-refractivity contribution in [3.8, 4) is 0 Å². The molecule has 0 bridgehead atoms. The van der Waals surface area contributed by atoms with E-state index in [4.69, 9.17) is 4.74 Å². The lowest BCUT2D eigenvalue weighted by molar-refractivity contribution is -0.124. The van der Waals surface area contributed by atoms with Crippen LogP contribution in [-0.4, -0.2) is 50.3 Å². The van der Waals surface area contributed by atoms with Crippen molar-refractivity contribution in [2.45, 2.75) is 36.7 Å². The number of anilines is 2. The van der Waals surface area contributed by atoms with Gasteiger partial charge in [0.2, 0.25) is 10.0 Å². The maximum absolute atomic E-state index is 12.6. The van der Waals surface area contributed by atoms with Crippen molar-refractivity contribution in [2.24, 2.45) is 0 Å². The van der Waals surface area contributed by atoms with Crippen molar-refractivity contribution in [1.29, 1.82) is 0 Å². The molecule has 2 heterocycles. The second-order valence-electron chi connectivity index (χ2n) is 7.66. The Morgan fingerprint density at radius 1 is 0.935 bits per heavy atom. The Labute approximate surface area is 181 Å². The van der Waals surface area contributed by atoms with E-state index in [9.17, 15) is 18.0 Å². The van der Waals surface area contributed by atoms with Gasteiger partial charge in [-0.2, -0.15) is 4.31 Å². The molecule has 2 aromatic carbocycles. The molecule has 1 atom stereocenters. The van der Waals surface area contributed by atoms with Crippen LogP contribution in [-0.2, 0) is 19.6 Å². The van der Waals surface area contributed by atoms with Crippen LogP contribution in [0.5, 0.6) is 0 Å². The number of sulfonamides is 1. The number of rotatable bonds is 6. The summed E-state index contributed by atoms with van der Waals surface area (Å²) in [5.41, 5.74) is 1.37. The quantitative estimate of drug-likeness (QED) is 0.714. The average Bonchev–Trinajstić information content (AvgIpc) is 3.49. The van der Waals surface area contributed by atoms with Gasteiger partial charge in [0.05, 0.1) is 4.90 Å². The van der Waals surface area contributed by atoms with Crippen molar-refractivity contribution in [3.05, 3.63) is 54.1 Å². The molecule has 2 aliphatic heterocycles. The monoisotopic (exact) mass is 443 g/mol. The van der Waals surface area contributed by atoms with Gasteiger partial charge in [0.1, 0.15) is 6.10 Å². The molecule has 0 aromatic heterocycles. The maximum atomic E-state index is 12.6. The number of nitrogens with zero attached hydrogens (tertiary/aromatic N) is 1. The lowest BCUT2D eigenvalue weighted by Gasteiger charge is -2.15. The number of ether oxygens (including phenoxy) is 1. The van der Waals surface area contributed by atoms with E-state index in [-0.39, 0.29) is 16.7 Å². The van der Waals surface area contributed by atoms with Gasteiger partial charge in [-0.05, 0) is 68.1 Å². The summed E-state index contributed by atoms with van der Waals surface area (Å²) in [7, 11) is -3.49. The van der Waals surface area contributed by atoms with Gasteiger partial charge in [0, 0.05) is 36.6 Å². The zero-order chi connectivity index (χ0) is 21.8. The number of carbonyl (C=O) groups is 2. The first-order valence-corrected chi connectivity index (χ1v) is 11.8. The summed E-state index contributed by atoms with van der Waals surface area (Å²) in [6, 6.07) is 12.8. The van der Waals surface area contributed by atoms with E-state index >= 15 is 0 Å². The Bertz CT molecular complexity index is 1060. The zero-order valence-electron chi connectivity index (χ0n) is 17.0. The minimum absolute atomic E-state index is 0.214. The minimum atomic E-state index is -3.49. The molecule has 31 heavy (non-hydrogen) atoms. The smallest absolute Gasteiger partial charge is 0.255 e. The van der Waals surface area contributed by atoms with Gasteiger partial charge in [0.15, 0.2) is 0 Å². The number of carbonyl (C=O) groups excluding carboxylic acids is 2. The third-order valence-corrected chi connectivity index (χ3v) is 7.34. The fraction of sp³-hybridized carbons (Fsp3) is 0.364. The summed E-state index contributed by atoms with van der Waals surface area (Å²) in [6.07, 6.45) is 2.85. The predicted molar refractivity (Wildman–Crippen MR) is 116 cm³/mol. The van der Waals surface area contributed by atoms with Crippen molar-refractivity contribution < 1.29 is 22.7 Å². The van der Waals surface area contributed by atoms with Gasteiger partial charge in [-0.1, -0.05) is 6.07 Å². The molecule has 2 fully saturated rings. The fourth-order valence-corrected chi connectivity index (χ4v) is 5.25. The SMILES string of the molecule is O=C(Nc1ccc(S(=O)(=O)N2CCCC2)cc1)c1cccc(NC(=O)C2CCCO2)c1. The molecular formula is C22H25N3O5S. The highest BCUT2D eigenvalue weighted by Crippen LogP contribution is 2.23. The van der Waals surface area contributed by atoms with Crippen molar-refractivity contribution in [2.75, 3.05) is 30.3 Å². The van der Waals surface area contributed by atoms with Gasteiger partial charge >= 0.3 is 0 Å². The van der Waals surface area contributed by atoms with Crippen LogP contribution < -0.4 is 10.6 Å². The predicted octanol–water partition coefficient (Wildman–Crippen LogP) is 2.84. The first kappa shape index (κ1) is 21.5. The molecule has 0 aliphatic carbocycles. The Morgan fingerprint density at radius 2 is 1.68 bits per heavy atom. The normalized spacial score (nSPS) is 19.3. The van der Waals surface area contributed by atoms with Gasteiger partial charge in [-0.15, -0.1) is 0 Å². The largest absolute Gasteiger partial charge is 0.368 e. The third kappa shape index (κ3) is 4.95. The molecule has 2 aromatic rings. The second-order valence-corrected chi connectivity index (χ2v) is 9.60. The molecule has 2 amide bonds. The molecule has 9 heteroatoms. The molecule has 1 unspecified atom stereocenters. The second kappa shape index (κ2) is 9.17. The van der Waals surface area contributed by atoms with Gasteiger partial charge in [-0.3, -0.25) is 9.59 Å². The van der Waals surface area contributed by atoms with Crippen molar-refractivity contribution in [1.82, 2.24) is 4.31 Å². The maximum Gasteiger partial charge on any atom is 0.255 e. The topological polar surface area (TPSA) is 105 Å². The van der Waals surface area contributed by atoms with Crippen LogP contribution in [0.1, 0.15) is 36.0 Å². The first-order valence-electron chi connectivity index (χ1n) is 10.4. The van der Waals surface area contributed by atoms with Crippen LogP contribution in [0.3, 0.4) is 0 Å². The van der Waals surface area contributed by atoms with E-state index < -0.39 is 16.1 Å². The molecule has 0 radical (unpaired) electrons. The van der Waals surface area contributed by atoms with E-state index in [0.29, 0.717) is 43.1 Å². The lowest BCUT2D eigenvalue weighted by atomic mass is 10.1. The van der Waals surface area contributed by atoms with Crippen molar-refractivity contribution in [3.63, 3.8) is 0 Å². The average molecular weight is 444 g/mol. The molecular weight excluding hydrogens is 418 g/mol. The van der Waals surface area contributed by atoms with Gasteiger partial charge < -0.3 is 15.4 Å². The van der Waals surface area contributed by atoms with Crippen LogP contribution in [0, 0.1) is 0 Å². The Kier molecular flexibility index (Phi) is 6.35. The number of hydrogen-bond donors (Lipinski definition) is 2. The van der Waals surface area contributed by atoms with Gasteiger partial charge in [0.25, 0.3) is 11.8 Å². The van der Waals surface area contributed by atoms with E-state index in [1.807, 2.05) is 0 Å². The van der Waals surface area contributed by atoms with Crippen LogP contribution in [0.15, 0.2) is 53.4 Å². The van der Waals surface area contributed by atoms with Crippen LogP contribution in [0.2, 0.25) is 0 Å². The highest BCUT2D eigenvalue weighted by Gasteiger charge is 2.27. The van der Waals surface area contributed by atoms with Crippen molar-refractivity contribution >= 4 is 33.2 Å². The first-order chi connectivity index (χ1) is 14.9. The van der Waals surface area contributed by atoms with E-state index in [2.05, 4.69) is 10.6 Å². The number of nitrogens with one attached hydrogen (secondary N) is 2. The highest BCUT2D eigenvalue weighted by atomic mass is 32.2. The van der Waals surface area contributed by atoms with Crippen LogP contribution in [0.4, 0.5) is 11.4 Å². The zero-order valence-corrected chi connectivity index (χ0v) is 17.9. The molecule has 8 nitrogen and oxygen atoms in total. The summed E-state index contributed by atoms with van der Waals surface area (Å²) in [6.45, 7) is 1.67. The Hall–Kier alpha value is -2.75. The van der Waals surface area contributed by atoms with E-state index in [1.165, 1.54) is 16.4 Å². The fourth-order valence-electron chi connectivity index (χ4n) is 3.74. The minimum Gasteiger partial charge on any atom is -0.368 e. The molecule has 0 saturated carbocycles. The van der Waals surface area contributed by atoms with Gasteiger partial charge in [-0.25, -0.2) is 8.42 Å². The summed E-state index contributed by atoms with van der Waals surface area (Å²) in [5, 5.41) is 5.54. The molecule has 2 saturated heterocycles. The molecule has 164 valence electrons. The summed E-state index contributed by atoms with van der Waals surface area (Å²) in [5.74, 6) is -0.576. The number of amides is 2. The summed E-state index contributed by atoms with van der Waals surface area (Å²) < 4.78 is 32.1. The number of benzene rings is 2. The lowest BCUT2D eigenvalue weighted by Crippen LogP contribution is -2.27. The van der Waals surface area contributed by atoms with Crippen LogP contribution in [0.25, 0.3) is 0 Å². The summed E-state index contributed by atoms with van der Waals surface area (Å²) in [4.78, 5) is 25.0. The van der Waals surface area contributed by atoms with Crippen LogP contribution >= 0.6 is 0 Å². The standard InChI is InChI=1S/C22H25N3O5S/c26-21(16-5-3-6-18(15-16)24-22(27)20-7-4-14-30-20)23-17-8-10-19(11-9-17)31(28,29)25-12-1-2-13-25/h3,5-6,8-11,15,20H,1-2,4,7,12-14H2,(H,23,26)(H,24,27). The molecule has 0 spiro atoms. The third-order valence-electron chi connectivity index (χ3n) is 5.43. The molecule has 2 aliphatic rings.